The Bertz CT molecular complexity index is 927. The van der Waals surface area contributed by atoms with Crippen LogP contribution in [-0.2, 0) is 16.0 Å². The van der Waals surface area contributed by atoms with Crippen molar-refractivity contribution in [2.45, 2.75) is 39.0 Å². The van der Waals surface area contributed by atoms with Gasteiger partial charge in [-0.05, 0) is 48.1 Å². The summed E-state index contributed by atoms with van der Waals surface area (Å²) in [5.74, 6) is 1.32. The lowest BCUT2D eigenvalue weighted by Crippen LogP contribution is -2.34. The molecule has 0 spiro atoms. The lowest BCUT2D eigenvalue weighted by Gasteiger charge is -2.23. The van der Waals surface area contributed by atoms with E-state index in [9.17, 15) is 9.59 Å². The summed E-state index contributed by atoms with van der Waals surface area (Å²) in [6.45, 7) is 5.23. The van der Waals surface area contributed by atoms with Gasteiger partial charge >= 0.3 is 0 Å². The second-order valence-corrected chi connectivity index (χ2v) is 8.00. The first-order valence-corrected chi connectivity index (χ1v) is 10.9. The molecule has 31 heavy (non-hydrogen) atoms. The molecule has 1 heterocycles. The minimum atomic E-state index is -0.331. The van der Waals surface area contributed by atoms with E-state index in [0.29, 0.717) is 36.9 Å². The van der Waals surface area contributed by atoms with E-state index in [-0.39, 0.29) is 24.2 Å². The summed E-state index contributed by atoms with van der Waals surface area (Å²) in [7, 11) is 3.21. The number of amides is 2. The zero-order valence-corrected chi connectivity index (χ0v) is 18.8. The van der Waals surface area contributed by atoms with E-state index in [4.69, 9.17) is 9.47 Å². The quantitative estimate of drug-likeness (QED) is 0.662. The molecule has 3 rings (SSSR count). The van der Waals surface area contributed by atoms with E-state index in [1.54, 1.807) is 19.1 Å². The van der Waals surface area contributed by atoms with Gasteiger partial charge in [0.05, 0.1) is 20.1 Å². The SMILES string of the molecule is CC[C@H](C)c1ccccc1N1C[C@H](C(=O)NCCc2ccc(OC)c(OC)c2)CC1=O. The van der Waals surface area contributed by atoms with Crippen molar-refractivity contribution in [1.29, 1.82) is 0 Å². The molecule has 1 aliphatic heterocycles. The van der Waals surface area contributed by atoms with Gasteiger partial charge in [-0.1, -0.05) is 38.1 Å². The molecule has 0 radical (unpaired) electrons. The largest absolute Gasteiger partial charge is 0.493 e. The van der Waals surface area contributed by atoms with E-state index >= 15 is 0 Å². The van der Waals surface area contributed by atoms with Crippen LogP contribution in [0.3, 0.4) is 0 Å². The first-order valence-electron chi connectivity index (χ1n) is 10.9. The fourth-order valence-corrected chi connectivity index (χ4v) is 4.00. The number of para-hydroxylation sites is 1. The molecule has 1 saturated heterocycles. The number of benzene rings is 2. The predicted molar refractivity (Wildman–Crippen MR) is 122 cm³/mol. The van der Waals surface area contributed by atoms with Crippen molar-refractivity contribution in [2.24, 2.45) is 5.92 Å². The van der Waals surface area contributed by atoms with E-state index in [1.807, 2.05) is 36.4 Å². The summed E-state index contributed by atoms with van der Waals surface area (Å²) in [6, 6.07) is 13.7. The van der Waals surface area contributed by atoms with Crippen LogP contribution in [0.15, 0.2) is 42.5 Å². The van der Waals surface area contributed by atoms with E-state index in [0.717, 1.165) is 23.2 Å². The zero-order valence-electron chi connectivity index (χ0n) is 18.8. The van der Waals surface area contributed by atoms with Crippen LogP contribution in [0.25, 0.3) is 0 Å². The van der Waals surface area contributed by atoms with E-state index < -0.39 is 0 Å². The minimum absolute atomic E-state index is 0.00999. The maximum Gasteiger partial charge on any atom is 0.227 e. The molecule has 6 heteroatoms. The molecule has 0 aromatic heterocycles. The van der Waals surface area contributed by atoms with Gasteiger partial charge in [-0.3, -0.25) is 9.59 Å². The van der Waals surface area contributed by atoms with Crippen molar-refractivity contribution in [3.8, 4) is 11.5 Å². The molecule has 0 unspecified atom stereocenters. The summed E-state index contributed by atoms with van der Waals surface area (Å²) in [5.41, 5.74) is 3.14. The predicted octanol–water partition coefficient (Wildman–Crippen LogP) is 3.93. The van der Waals surface area contributed by atoms with Gasteiger partial charge in [0.25, 0.3) is 0 Å². The summed E-state index contributed by atoms with van der Waals surface area (Å²) in [4.78, 5) is 27.2. The fraction of sp³-hybridized carbons (Fsp3) is 0.440. The third kappa shape index (κ3) is 5.19. The smallest absolute Gasteiger partial charge is 0.227 e. The molecule has 2 aromatic rings. The van der Waals surface area contributed by atoms with E-state index in [1.165, 1.54) is 0 Å². The highest BCUT2D eigenvalue weighted by Crippen LogP contribution is 2.33. The molecule has 2 aromatic carbocycles. The first kappa shape index (κ1) is 22.7. The number of nitrogens with zero attached hydrogens (tertiary/aromatic N) is 1. The summed E-state index contributed by atoms with van der Waals surface area (Å²) < 4.78 is 10.6. The Labute approximate surface area is 184 Å². The molecule has 2 amide bonds. The standard InChI is InChI=1S/C25H32N2O4/c1-5-17(2)20-8-6-7-9-21(20)27-16-19(15-24(27)28)25(29)26-13-12-18-10-11-22(30-3)23(14-18)31-4/h6-11,14,17,19H,5,12-13,15-16H2,1-4H3,(H,26,29)/t17-,19+/m0/s1. The third-order valence-corrected chi connectivity index (χ3v) is 6.03. The van der Waals surface area contributed by atoms with Crippen molar-refractivity contribution >= 4 is 17.5 Å². The highest BCUT2D eigenvalue weighted by molar-refractivity contribution is 6.00. The number of anilines is 1. The van der Waals surface area contributed by atoms with Crippen molar-refractivity contribution in [3.63, 3.8) is 0 Å². The highest BCUT2D eigenvalue weighted by Gasteiger charge is 2.36. The second kappa shape index (κ2) is 10.3. The molecule has 2 atom stereocenters. The van der Waals surface area contributed by atoms with Gasteiger partial charge in [0.15, 0.2) is 11.5 Å². The Kier molecular flexibility index (Phi) is 7.55. The van der Waals surface area contributed by atoms with Gasteiger partial charge in [-0.15, -0.1) is 0 Å². The summed E-state index contributed by atoms with van der Waals surface area (Å²) in [6.07, 6.45) is 1.92. The van der Waals surface area contributed by atoms with Crippen LogP contribution in [-0.4, -0.2) is 39.1 Å². The lowest BCUT2D eigenvalue weighted by molar-refractivity contribution is -0.126. The van der Waals surface area contributed by atoms with Crippen LogP contribution >= 0.6 is 0 Å². The van der Waals surface area contributed by atoms with Crippen molar-refractivity contribution in [3.05, 3.63) is 53.6 Å². The molecule has 1 fully saturated rings. The van der Waals surface area contributed by atoms with Crippen LogP contribution in [0.4, 0.5) is 5.69 Å². The number of ether oxygens (including phenoxy) is 2. The molecule has 1 N–H and O–H groups in total. The Morgan fingerprint density at radius 2 is 1.90 bits per heavy atom. The molecule has 0 bridgehead atoms. The monoisotopic (exact) mass is 424 g/mol. The number of methoxy groups -OCH3 is 2. The van der Waals surface area contributed by atoms with Gasteiger partial charge in [0.2, 0.25) is 11.8 Å². The summed E-state index contributed by atoms with van der Waals surface area (Å²) >= 11 is 0. The normalized spacial score (nSPS) is 16.8. The van der Waals surface area contributed by atoms with Gasteiger partial charge in [-0.2, -0.15) is 0 Å². The third-order valence-electron chi connectivity index (χ3n) is 6.03. The molecule has 0 aliphatic carbocycles. The van der Waals surface area contributed by atoms with Crippen molar-refractivity contribution < 1.29 is 19.1 Å². The van der Waals surface area contributed by atoms with Crippen molar-refractivity contribution in [1.82, 2.24) is 5.32 Å². The number of hydrogen-bond acceptors (Lipinski definition) is 4. The number of hydrogen-bond donors (Lipinski definition) is 1. The van der Waals surface area contributed by atoms with Crippen LogP contribution in [0.1, 0.15) is 43.7 Å². The Hall–Kier alpha value is -3.02. The van der Waals surface area contributed by atoms with Gasteiger partial charge < -0.3 is 19.7 Å². The Morgan fingerprint density at radius 1 is 1.16 bits per heavy atom. The van der Waals surface area contributed by atoms with Gasteiger partial charge in [0, 0.05) is 25.2 Å². The molecule has 0 saturated carbocycles. The van der Waals surface area contributed by atoms with Crippen LogP contribution in [0.2, 0.25) is 0 Å². The second-order valence-electron chi connectivity index (χ2n) is 8.00. The molecule has 166 valence electrons. The highest BCUT2D eigenvalue weighted by atomic mass is 16.5. The first-order chi connectivity index (χ1) is 15.0. The van der Waals surface area contributed by atoms with Crippen LogP contribution < -0.4 is 19.7 Å². The molecular weight excluding hydrogens is 392 g/mol. The Morgan fingerprint density at radius 3 is 2.61 bits per heavy atom. The molecular formula is C25H32N2O4. The Balaban J connectivity index is 1.59. The number of nitrogens with one attached hydrogen (secondary N) is 1. The number of rotatable bonds is 9. The average molecular weight is 425 g/mol. The number of carbonyl (C=O) groups excluding carboxylic acids is 2. The van der Waals surface area contributed by atoms with Gasteiger partial charge in [0.1, 0.15) is 0 Å². The average Bonchev–Trinajstić information content (AvgIpc) is 3.19. The van der Waals surface area contributed by atoms with Gasteiger partial charge in [-0.25, -0.2) is 0 Å². The van der Waals surface area contributed by atoms with Crippen LogP contribution in [0, 0.1) is 5.92 Å². The van der Waals surface area contributed by atoms with Crippen molar-refractivity contribution in [2.75, 3.05) is 32.2 Å². The van der Waals surface area contributed by atoms with Crippen LogP contribution in [0.5, 0.6) is 11.5 Å². The summed E-state index contributed by atoms with van der Waals surface area (Å²) in [5, 5.41) is 2.99. The zero-order chi connectivity index (χ0) is 22.4. The lowest BCUT2D eigenvalue weighted by atomic mass is 9.96. The number of carbonyl (C=O) groups is 2. The molecule has 1 aliphatic rings. The maximum absolute atomic E-state index is 12.7. The fourth-order valence-electron chi connectivity index (χ4n) is 4.00. The molecule has 6 nitrogen and oxygen atoms in total. The van der Waals surface area contributed by atoms with E-state index in [2.05, 4.69) is 25.2 Å². The topological polar surface area (TPSA) is 67.9 Å². The maximum atomic E-state index is 12.7. The minimum Gasteiger partial charge on any atom is -0.493 e.